The summed E-state index contributed by atoms with van der Waals surface area (Å²) in [7, 11) is -3.20. The van der Waals surface area contributed by atoms with Crippen LogP contribution in [0.2, 0.25) is 5.02 Å². The Balaban J connectivity index is 1.74. The minimum absolute atomic E-state index is 0.0977. The Kier molecular flexibility index (Phi) is 8.85. The number of hydrogen-bond acceptors (Lipinski definition) is 6. The van der Waals surface area contributed by atoms with Crippen LogP contribution in [0.15, 0.2) is 51.8 Å². The fourth-order valence-electron chi connectivity index (χ4n) is 5.05. The number of hydrogen-bond donors (Lipinski definition) is 2. The molecule has 3 aromatic rings. The van der Waals surface area contributed by atoms with Crippen LogP contribution in [0.1, 0.15) is 44.4 Å². The summed E-state index contributed by atoms with van der Waals surface area (Å²) in [5.41, 5.74) is 10.6. The van der Waals surface area contributed by atoms with E-state index < -0.39 is 9.84 Å². The molecule has 0 amide bonds. The van der Waals surface area contributed by atoms with Crippen molar-refractivity contribution >= 4 is 55.6 Å². The van der Waals surface area contributed by atoms with E-state index in [-0.39, 0.29) is 17.9 Å². The zero-order valence-corrected chi connectivity index (χ0v) is 25.0. The number of aromatic nitrogens is 1. The largest absolute Gasteiger partial charge is 0.387 e. The Bertz CT molecular complexity index is 1700. The van der Waals surface area contributed by atoms with Gasteiger partial charge in [-0.15, -0.1) is 0 Å². The van der Waals surface area contributed by atoms with E-state index >= 15 is 0 Å². The van der Waals surface area contributed by atoms with Gasteiger partial charge in [-0.05, 0) is 72.7 Å². The van der Waals surface area contributed by atoms with E-state index in [1.165, 1.54) is 4.57 Å². The van der Waals surface area contributed by atoms with Crippen LogP contribution >= 0.6 is 11.6 Å². The van der Waals surface area contributed by atoms with Crippen molar-refractivity contribution in [2.24, 2.45) is 10.7 Å². The van der Waals surface area contributed by atoms with Crippen molar-refractivity contribution in [2.75, 3.05) is 25.1 Å². The van der Waals surface area contributed by atoms with Crippen molar-refractivity contribution in [3.8, 4) is 11.1 Å². The van der Waals surface area contributed by atoms with Crippen molar-refractivity contribution in [3.63, 3.8) is 0 Å². The molecular formula is C30H36ClN5O3S. The van der Waals surface area contributed by atoms with Gasteiger partial charge in [-0.25, -0.2) is 13.4 Å². The van der Waals surface area contributed by atoms with Crippen LogP contribution in [-0.4, -0.2) is 54.7 Å². The molecule has 0 aliphatic carbocycles. The molecule has 40 heavy (non-hydrogen) atoms. The number of nitrogens with one attached hydrogen (secondary N) is 1. The highest BCUT2D eigenvalue weighted by molar-refractivity contribution is 7.90. The number of benzene rings is 2. The van der Waals surface area contributed by atoms with Crippen molar-refractivity contribution in [1.29, 1.82) is 5.41 Å². The Morgan fingerprint density at radius 1 is 1.12 bits per heavy atom. The maximum atomic E-state index is 13.1. The van der Waals surface area contributed by atoms with Crippen molar-refractivity contribution in [2.45, 2.75) is 46.6 Å². The molecule has 2 heterocycles. The molecular weight excluding hydrogens is 546 g/mol. The van der Waals surface area contributed by atoms with Gasteiger partial charge in [0.2, 0.25) is 0 Å². The Morgan fingerprint density at radius 2 is 1.82 bits per heavy atom. The van der Waals surface area contributed by atoms with Crippen molar-refractivity contribution in [1.82, 2.24) is 9.47 Å². The number of fused-ring (bicyclic) bond motifs is 2. The topological polar surface area (TPSA) is 122 Å². The highest BCUT2D eigenvalue weighted by atomic mass is 35.5. The monoisotopic (exact) mass is 581 g/mol. The molecule has 1 aromatic heterocycles. The smallest absolute Gasteiger partial charge is 0.258 e. The Morgan fingerprint density at radius 3 is 2.48 bits per heavy atom. The molecule has 0 radical (unpaired) electrons. The van der Waals surface area contributed by atoms with Gasteiger partial charge in [-0.2, -0.15) is 0 Å². The lowest BCUT2D eigenvalue weighted by atomic mass is 9.98. The zero-order chi connectivity index (χ0) is 29.2. The second-order valence-electron chi connectivity index (χ2n) is 10.4. The first kappa shape index (κ1) is 29.6. The summed E-state index contributed by atoms with van der Waals surface area (Å²) < 4.78 is 24.8. The van der Waals surface area contributed by atoms with E-state index in [2.05, 4.69) is 23.7 Å². The summed E-state index contributed by atoms with van der Waals surface area (Å²) in [5, 5.41) is 10.6. The molecule has 1 aliphatic rings. The molecule has 0 atom stereocenters. The van der Waals surface area contributed by atoms with Crippen LogP contribution in [0.25, 0.3) is 28.0 Å². The first-order valence-electron chi connectivity index (χ1n) is 13.4. The van der Waals surface area contributed by atoms with Gasteiger partial charge in [-0.3, -0.25) is 10.2 Å². The van der Waals surface area contributed by atoms with Gasteiger partial charge < -0.3 is 15.2 Å². The molecule has 1 aliphatic heterocycles. The first-order valence-corrected chi connectivity index (χ1v) is 15.9. The fraction of sp³-hybridized carbons (Fsp3) is 0.367. The predicted molar refractivity (Wildman–Crippen MR) is 167 cm³/mol. The van der Waals surface area contributed by atoms with Gasteiger partial charge >= 0.3 is 0 Å². The van der Waals surface area contributed by atoms with Crippen molar-refractivity contribution in [3.05, 3.63) is 68.6 Å². The van der Waals surface area contributed by atoms with E-state index in [1.807, 2.05) is 36.4 Å². The maximum Gasteiger partial charge on any atom is 0.258 e. The van der Waals surface area contributed by atoms with Crippen molar-refractivity contribution < 1.29 is 8.42 Å². The molecule has 0 bridgehead atoms. The number of nitrogens with two attached hydrogens (primary N) is 1. The third-order valence-electron chi connectivity index (χ3n) is 7.01. The van der Waals surface area contributed by atoms with Gasteiger partial charge in [0.1, 0.15) is 21.5 Å². The van der Waals surface area contributed by atoms with Gasteiger partial charge in [0, 0.05) is 54.5 Å². The Hall–Kier alpha value is -3.43. The second-order valence-corrected chi connectivity index (χ2v) is 13.0. The number of aliphatic imine (C=N–C) groups is 1. The summed E-state index contributed by atoms with van der Waals surface area (Å²) in [6.07, 6.45) is 5.34. The average molecular weight is 582 g/mol. The number of amidine groups is 2. The number of halogens is 1. The average Bonchev–Trinajstić information content (AvgIpc) is 3.05. The van der Waals surface area contributed by atoms with E-state index in [1.54, 1.807) is 13.0 Å². The van der Waals surface area contributed by atoms with Crippen LogP contribution in [0.4, 0.5) is 5.69 Å². The first-order chi connectivity index (χ1) is 18.9. The van der Waals surface area contributed by atoms with E-state index in [4.69, 9.17) is 22.7 Å². The standard InChI is InChI=1S/C30H36ClN5O3S/c1-5-9-35(10-6-2)29(33)23-15-25-26(31)16-21(17-27(25)34-28(32)18-23)20-7-8-24-22(14-20)13-19(3)36(30(24)37)11-12-40(4,38)39/h7-8,13-17,33H,5-6,9-12,18H2,1-4H3,(H2,32,34). The quantitative estimate of drug-likeness (QED) is 0.253. The number of aryl methyl sites for hydroxylation is 1. The molecule has 0 spiro atoms. The van der Waals surface area contributed by atoms with Crippen LogP contribution in [-0.2, 0) is 16.4 Å². The Labute approximate surface area is 240 Å². The van der Waals surface area contributed by atoms with Gasteiger partial charge in [0.05, 0.1) is 16.5 Å². The summed E-state index contributed by atoms with van der Waals surface area (Å²) in [5.74, 6) is 0.765. The highest BCUT2D eigenvalue weighted by Crippen LogP contribution is 2.38. The van der Waals surface area contributed by atoms with E-state index in [0.717, 1.165) is 59.8 Å². The second kappa shape index (κ2) is 12.0. The van der Waals surface area contributed by atoms with Crippen LogP contribution in [0.3, 0.4) is 0 Å². The lowest BCUT2D eigenvalue weighted by Gasteiger charge is -2.25. The van der Waals surface area contributed by atoms with Gasteiger partial charge in [0.25, 0.3) is 5.56 Å². The maximum absolute atomic E-state index is 13.1. The molecule has 4 rings (SSSR count). The summed E-state index contributed by atoms with van der Waals surface area (Å²) in [6, 6.07) is 11.2. The molecule has 212 valence electrons. The molecule has 10 heteroatoms. The zero-order valence-electron chi connectivity index (χ0n) is 23.4. The highest BCUT2D eigenvalue weighted by Gasteiger charge is 2.20. The fourth-order valence-corrected chi connectivity index (χ4v) is 5.83. The molecule has 3 N–H and O–H groups in total. The normalized spacial score (nSPS) is 13.4. The molecule has 0 unspecified atom stereocenters. The number of rotatable bonds is 9. The molecule has 2 aromatic carbocycles. The third-order valence-corrected chi connectivity index (χ3v) is 8.24. The van der Waals surface area contributed by atoms with Crippen LogP contribution in [0, 0.1) is 12.3 Å². The number of pyridine rings is 1. The SMILES string of the molecule is CCCN(CCC)C(=N)C1=Cc2c(Cl)cc(-c3ccc4c(=O)n(CCS(C)(=O)=O)c(C)cc4c3)cc2N=C(N)C1. The van der Waals surface area contributed by atoms with E-state index in [0.29, 0.717) is 39.9 Å². The predicted octanol–water partition coefficient (Wildman–Crippen LogP) is 5.55. The minimum Gasteiger partial charge on any atom is -0.387 e. The van der Waals surface area contributed by atoms with Gasteiger partial charge in [-0.1, -0.05) is 31.5 Å². The minimum atomic E-state index is -3.20. The molecule has 0 saturated heterocycles. The summed E-state index contributed by atoms with van der Waals surface area (Å²) in [4.78, 5) is 19.9. The number of nitrogens with zero attached hydrogens (tertiary/aromatic N) is 3. The van der Waals surface area contributed by atoms with Gasteiger partial charge in [0.15, 0.2) is 0 Å². The van der Waals surface area contributed by atoms with E-state index in [9.17, 15) is 13.2 Å². The molecule has 0 fully saturated rings. The van der Waals surface area contributed by atoms with Crippen LogP contribution < -0.4 is 11.3 Å². The number of sulfone groups is 1. The molecule has 0 saturated carbocycles. The summed E-state index contributed by atoms with van der Waals surface area (Å²) in [6.45, 7) is 7.71. The van der Waals surface area contributed by atoms with Crippen LogP contribution in [0.5, 0.6) is 0 Å². The third kappa shape index (κ3) is 6.47. The molecule has 8 nitrogen and oxygen atoms in total. The lowest BCUT2D eigenvalue weighted by Crippen LogP contribution is -2.34. The summed E-state index contributed by atoms with van der Waals surface area (Å²) >= 11 is 6.81. The lowest BCUT2D eigenvalue weighted by molar-refractivity contribution is 0.414.